The Morgan fingerprint density at radius 3 is 1.67 bits per heavy atom. The molecular formula is C58H65BN2. The van der Waals surface area contributed by atoms with Crippen molar-refractivity contribution in [2.45, 2.75) is 143 Å². The molecule has 0 N–H and O–H groups in total. The molecule has 0 saturated heterocycles. The highest BCUT2D eigenvalue weighted by Crippen LogP contribution is 2.54. The second kappa shape index (κ2) is 13.0. The third-order valence-corrected chi connectivity index (χ3v) is 15.4. The Morgan fingerprint density at radius 2 is 1.05 bits per heavy atom. The molecule has 310 valence electrons. The minimum atomic E-state index is -2.35. The quantitative estimate of drug-likeness (QED) is 0.164. The first-order valence-electron chi connectivity index (χ1n) is 24.2. The highest BCUT2D eigenvalue weighted by molar-refractivity contribution is 7.00. The van der Waals surface area contributed by atoms with E-state index in [4.69, 9.17) is 4.11 Å². The summed E-state index contributed by atoms with van der Waals surface area (Å²) >= 11 is 0. The lowest BCUT2D eigenvalue weighted by atomic mass is 9.33. The van der Waals surface area contributed by atoms with Crippen molar-refractivity contribution in [3.8, 4) is 11.1 Å². The van der Waals surface area contributed by atoms with Gasteiger partial charge in [-0.3, -0.25) is 0 Å². The second-order valence-corrected chi connectivity index (χ2v) is 22.8. The summed E-state index contributed by atoms with van der Waals surface area (Å²) in [6.45, 7) is 28.2. The van der Waals surface area contributed by atoms with Crippen LogP contribution < -0.4 is 26.2 Å². The zero-order chi connectivity index (χ0) is 45.8. The van der Waals surface area contributed by atoms with Gasteiger partial charge in [0.25, 0.3) is 6.71 Å². The van der Waals surface area contributed by atoms with Gasteiger partial charge in [0.15, 0.2) is 0 Å². The van der Waals surface area contributed by atoms with E-state index in [1.54, 1.807) is 0 Å². The van der Waals surface area contributed by atoms with Gasteiger partial charge in [-0.2, -0.15) is 0 Å². The van der Waals surface area contributed by atoms with Crippen molar-refractivity contribution in [2.24, 2.45) is 0 Å². The van der Waals surface area contributed by atoms with Gasteiger partial charge in [0.2, 0.25) is 0 Å². The lowest BCUT2D eigenvalue weighted by Gasteiger charge is -2.47. The van der Waals surface area contributed by atoms with Gasteiger partial charge in [0, 0.05) is 38.2 Å². The van der Waals surface area contributed by atoms with E-state index >= 15 is 0 Å². The first-order chi connectivity index (χ1) is 29.8. The summed E-state index contributed by atoms with van der Waals surface area (Å²) in [5.74, 6) is 0. The Morgan fingerprint density at radius 1 is 0.508 bits per heavy atom. The predicted octanol–water partition coefficient (Wildman–Crippen LogP) is 14.0. The first kappa shape index (κ1) is 36.6. The van der Waals surface area contributed by atoms with Crippen LogP contribution in [0.5, 0.6) is 0 Å². The van der Waals surface area contributed by atoms with E-state index in [2.05, 4.69) is 191 Å². The van der Waals surface area contributed by atoms with Crippen LogP contribution in [0, 0.1) is 20.7 Å². The van der Waals surface area contributed by atoms with Gasteiger partial charge in [-0.05, 0) is 182 Å². The maximum Gasteiger partial charge on any atom is 0.252 e. The van der Waals surface area contributed by atoms with Crippen LogP contribution in [0.1, 0.15) is 144 Å². The molecule has 0 amide bonds. The van der Waals surface area contributed by atoms with Crippen LogP contribution >= 0.6 is 0 Å². The van der Waals surface area contributed by atoms with Crippen molar-refractivity contribution < 1.29 is 4.11 Å². The van der Waals surface area contributed by atoms with E-state index in [1.165, 1.54) is 49.9 Å². The summed E-state index contributed by atoms with van der Waals surface area (Å²) in [7, 11) is 0. The van der Waals surface area contributed by atoms with Crippen LogP contribution in [0.2, 0.25) is 0 Å². The lowest BCUT2D eigenvalue weighted by molar-refractivity contribution is 0.332. The third kappa shape index (κ3) is 6.03. The summed E-state index contributed by atoms with van der Waals surface area (Å²) in [4.78, 5) is 4.89. The molecule has 0 unspecified atom stereocenters. The lowest BCUT2D eigenvalue weighted by Crippen LogP contribution is -2.62. The van der Waals surface area contributed by atoms with Crippen molar-refractivity contribution >= 4 is 57.2 Å². The zero-order valence-corrected chi connectivity index (χ0v) is 38.9. The molecule has 0 fully saturated rings. The van der Waals surface area contributed by atoms with Crippen LogP contribution in [-0.4, -0.2) is 6.71 Å². The fourth-order valence-corrected chi connectivity index (χ4v) is 12.1. The second-order valence-electron chi connectivity index (χ2n) is 22.8. The SMILES string of the molecule is [2H]C([2H])([2H])c1cc2c3c(c1)N(c1cc4c(cc1C)C(C)(C)CCC4(C)C)c1cc4c(cc1B3c1cc(C(C)(C)C)ccc1N2c1ccc(-c2ccccc2)cc1C)C(C)(C)CC4(C)C. The van der Waals surface area contributed by atoms with E-state index in [1.807, 2.05) is 12.1 Å². The Bertz CT molecular complexity index is 2930. The van der Waals surface area contributed by atoms with Gasteiger partial charge in [0.05, 0.1) is 0 Å². The number of nitrogens with zero attached hydrogens (tertiary/aromatic N) is 2. The Hall–Kier alpha value is -5.02. The number of hydrogen-bond acceptors (Lipinski definition) is 2. The van der Waals surface area contributed by atoms with Crippen LogP contribution in [-0.2, 0) is 27.1 Å². The average molecular weight is 804 g/mol. The molecule has 3 heteroatoms. The number of anilines is 6. The van der Waals surface area contributed by atoms with Crippen LogP contribution in [0.25, 0.3) is 11.1 Å². The molecule has 61 heavy (non-hydrogen) atoms. The van der Waals surface area contributed by atoms with Crippen molar-refractivity contribution in [2.75, 3.05) is 9.80 Å². The molecule has 2 heterocycles. The van der Waals surface area contributed by atoms with Gasteiger partial charge in [-0.25, -0.2) is 0 Å². The standard InChI is InChI=1S/C58H65BN2/c1-35-26-51-53-52(27-35)61(49-32-43-41(29-37(49)3)55(7,8)24-25-56(43,9)10)50-33-44-42(57(11,12)34-58(44,13)14)31-46(50)59(53)45-30-40(54(4,5)6)21-23-48(45)60(51)47-22-20-39(28-36(47)2)38-18-16-15-17-19-38/h15-23,26-33H,24-25,34H2,1-14H3/i1D3. The summed E-state index contributed by atoms with van der Waals surface area (Å²) in [5, 5.41) is 0. The van der Waals surface area contributed by atoms with Gasteiger partial charge < -0.3 is 9.80 Å². The average Bonchev–Trinajstić information content (AvgIpc) is 3.40. The molecule has 6 aromatic carbocycles. The number of benzene rings is 6. The molecule has 0 spiro atoms. The van der Waals surface area contributed by atoms with Gasteiger partial charge in [-0.1, -0.05) is 137 Å². The molecule has 2 aliphatic heterocycles. The van der Waals surface area contributed by atoms with Gasteiger partial charge in [-0.15, -0.1) is 0 Å². The number of rotatable bonds is 3. The molecule has 6 aromatic rings. The highest BCUT2D eigenvalue weighted by atomic mass is 15.2. The molecule has 0 radical (unpaired) electrons. The monoisotopic (exact) mass is 804 g/mol. The summed E-state index contributed by atoms with van der Waals surface area (Å²) in [6.07, 6.45) is 3.31. The van der Waals surface area contributed by atoms with E-state index in [0.717, 1.165) is 70.0 Å². The number of aryl methyl sites for hydroxylation is 3. The number of fused-ring (bicyclic) bond motifs is 6. The Kier molecular flexibility index (Phi) is 7.81. The first-order valence-corrected chi connectivity index (χ1v) is 22.7. The van der Waals surface area contributed by atoms with Crippen molar-refractivity contribution in [3.05, 3.63) is 148 Å². The third-order valence-electron chi connectivity index (χ3n) is 15.4. The van der Waals surface area contributed by atoms with Gasteiger partial charge in [0.1, 0.15) is 0 Å². The Balaban J connectivity index is 1.35. The van der Waals surface area contributed by atoms with Gasteiger partial charge >= 0.3 is 0 Å². The van der Waals surface area contributed by atoms with Crippen molar-refractivity contribution in [1.29, 1.82) is 0 Å². The summed E-state index contributed by atoms with van der Waals surface area (Å²) in [6, 6.07) is 38.5. The fraction of sp³-hybridized carbons (Fsp3) is 0.379. The van der Waals surface area contributed by atoms with E-state index < -0.39 is 6.85 Å². The molecule has 0 aromatic heterocycles. The van der Waals surface area contributed by atoms with E-state index in [9.17, 15) is 0 Å². The van der Waals surface area contributed by atoms with Crippen molar-refractivity contribution in [1.82, 2.24) is 0 Å². The van der Waals surface area contributed by atoms with E-state index in [-0.39, 0.29) is 33.8 Å². The molecule has 0 saturated carbocycles. The fourth-order valence-electron chi connectivity index (χ4n) is 12.1. The summed E-state index contributed by atoms with van der Waals surface area (Å²) < 4.78 is 27.2. The largest absolute Gasteiger partial charge is 0.311 e. The molecule has 2 nitrogen and oxygen atoms in total. The topological polar surface area (TPSA) is 6.48 Å². The minimum Gasteiger partial charge on any atom is -0.311 e. The highest BCUT2D eigenvalue weighted by Gasteiger charge is 2.49. The normalized spacial score (nSPS) is 19.5. The molecule has 0 bridgehead atoms. The molecule has 4 aliphatic rings. The number of hydrogen-bond donors (Lipinski definition) is 0. The Labute approximate surface area is 371 Å². The van der Waals surface area contributed by atoms with Crippen molar-refractivity contribution in [3.63, 3.8) is 0 Å². The van der Waals surface area contributed by atoms with Crippen LogP contribution in [0.3, 0.4) is 0 Å². The maximum absolute atomic E-state index is 9.08. The molecule has 2 aliphatic carbocycles. The smallest absolute Gasteiger partial charge is 0.252 e. The summed E-state index contributed by atoms with van der Waals surface area (Å²) in [5.41, 5.74) is 21.9. The van der Waals surface area contributed by atoms with Crippen LogP contribution in [0.15, 0.2) is 103 Å². The molecule has 0 atom stereocenters. The van der Waals surface area contributed by atoms with E-state index in [0.29, 0.717) is 5.56 Å². The maximum atomic E-state index is 9.08. The minimum absolute atomic E-state index is 0.0130. The van der Waals surface area contributed by atoms with Crippen LogP contribution in [0.4, 0.5) is 34.1 Å². The molecular weight excluding hydrogens is 735 g/mol. The predicted molar refractivity (Wildman–Crippen MR) is 265 cm³/mol. The molecule has 10 rings (SSSR count). The zero-order valence-electron chi connectivity index (χ0n) is 41.9.